The SMILES string of the molecule is CC(NC(=O)C(C)NC(=O)c1ccc(Br)s1)C(=O)O. The molecule has 0 saturated carbocycles. The molecule has 8 heteroatoms. The van der Waals surface area contributed by atoms with E-state index in [-0.39, 0.29) is 5.91 Å². The van der Waals surface area contributed by atoms with Gasteiger partial charge in [-0.1, -0.05) is 0 Å². The van der Waals surface area contributed by atoms with Crippen molar-refractivity contribution in [2.24, 2.45) is 0 Å². The molecular weight excluding hydrogens is 336 g/mol. The van der Waals surface area contributed by atoms with E-state index in [1.165, 1.54) is 25.2 Å². The zero-order valence-electron chi connectivity index (χ0n) is 10.3. The first-order valence-corrected chi connectivity index (χ1v) is 7.01. The molecule has 0 saturated heterocycles. The number of hydrogen-bond acceptors (Lipinski definition) is 4. The quantitative estimate of drug-likeness (QED) is 0.745. The summed E-state index contributed by atoms with van der Waals surface area (Å²) in [7, 11) is 0. The van der Waals surface area contributed by atoms with Gasteiger partial charge in [-0.15, -0.1) is 11.3 Å². The molecule has 6 nitrogen and oxygen atoms in total. The fourth-order valence-electron chi connectivity index (χ4n) is 1.17. The van der Waals surface area contributed by atoms with Gasteiger partial charge in [-0.2, -0.15) is 0 Å². The first kappa shape index (κ1) is 15.6. The molecule has 2 unspecified atom stereocenters. The highest BCUT2D eigenvalue weighted by Crippen LogP contribution is 2.21. The Bertz CT molecular complexity index is 503. The van der Waals surface area contributed by atoms with Crippen molar-refractivity contribution in [3.63, 3.8) is 0 Å². The molecule has 1 aromatic heterocycles. The number of carboxylic acid groups (broad SMARTS) is 1. The van der Waals surface area contributed by atoms with Crippen LogP contribution in [-0.4, -0.2) is 35.0 Å². The molecule has 2 atom stereocenters. The molecule has 0 aliphatic rings. The molecule has 1 aromatic rings. The number of carbonyl (C=O) groups excluding carboxylic acids is 2. The first-order valence-electron chi connectivity index (χ1n) is 5.40. The van der Waals surface area contributed by atoms with E-state index in [1.807, 2.05) is 0 Å². The van der Waals surface area contributed by atoms with Crippen molar-refractivity contribution in [3.05, 3.63) is 20.8 Å². The fraction of sp³-hybridized carbons (Fsp3) is 0.364. The summed E-state index contributed by atoms with van der Waals surface area (Å²) in [4.78, 5) is 34.5. The maximum absolute atomic E-state index is 11.8. The average molecular weight is 349 g/mol. The minimum Gasteiger partial charge on any atom is -0.480 e. The number of carboxylic acids is 1. The van der Waals surface area contributed by atoms with E-state index in [1.54, 1.807) is 12.1 Å². The second kappa shape index (κ2) is 6.67. The van der Waals surface area contributed by atoms with E-state index in [2.05, 4.69) is 26.6 Å². The second-order valence-corrected chi connectivity index (χ2v) is 6.33. The summed E-state index contributed by atoms with van der Waals surface area (Å²) >= 11 is 4.49. The Balaban J connectivity index is 2.55. The number of halogens is 1. The Morgan fingerprint density at radius 3 is 2.32 bits per heavy atom. The van der Waals surface area contributed by atoms with Gasteiger partial charge >= 0.3 is 5.97 Å². The molecule has 0 aromatic carbocycles. The van der Waals surface area contributed by atoms with Crippen LogP contribution in [0.2, 0.25) is 0 Å². The van der Waals surface area contributed by atoms with E-state index >= 15 is 0 Å². The van der Waals surface area contributed by atoms with Crippen LogP contribution in [0.3, 0.4) is 0 Å². The highest BCUT2D eigenvalue weighted by Gasteiger charge is 2.21. The summed E-state index contributed by atoms with van der Waals surface area (Å²) in [5.41, 5.74) is 0. The van der Waals surface area contributed by atoms with E-state index in [0.29, 0.717) is 4.88 Å². The molecule has 0 fully saturated rings. The monoisotopic (exact) mass is 348 g/mol. The van der Waals surface area contributed by atoms with Gasteiger partial charge in [-0.25, -0.2) is 0 Å². The smallest absolute Gasteiger partial charge is 0.325 e. The highest BCUT2D eigenvalue weighted by atomic mass is 79.9. The molecule has 104 valence electrons. The third-order valence-corrected chi connectivity index (χ3v) is 3.89. The fourth-order valence-corrected chi connectivity index (χ4v) is 2.46. The molecule has 2 amide bonds. The zero-order chi connectivity index (χ0) is 14.6. The predicted molar refractivity (Wildman–Crippen MR) is 74.2 cm³/mol. The maximum atomic E-state index is 11.8. The molecular formula is C11H13BrN2O4S. The summed E-state index contributed by atoms with van der Waals surface area (Å²) in [5.74, 6) is -2.05. The lowest BCUT2D eigenvalue weighted by atomic mass is 10.2. The maximum Gasteiger partial charge on any atom is 0.325 e. The zero-order valence-corrected chi connectivity index (χ0v) is 12.7. The van der Waals surface area contributed by atoms with Gasteiger partial charge in [0.15, 0.2) is 0 Å². The van der Waals surface area contributed by atoms with Crippen molar-refractivity contribution in [3.8, 4) is 0 Å². The Hall–Kier alpha value is -1.41. The standard InChI is InChI=1S/C11H13BrN2O4S/c1-5(9(15)14-6(2)11(17)18)13-10(16)7-3-4-8(12)19-7/h3-6H,1-2H3,(H,13,16)(H,14,15)(H,17,18). The Labute approximate surface area is 122 Å². The molecule has 3 N–H and O–H groups in total. The van der Waals surface area contributed by atoms with Crippen LogP contribution in [0.4, 0.5) is 0 Å². The second-order valence-electron chi connectivity index (χ2n) is 3.87. The summed E-state index contributed by atoms with van der Waals surface area (Å²) in [6.45, 7) is 2.84. The minimum absolute atomic E-state index is 0.374. The van der Waals surface area contributed by atoms with Gasteiger partial charge in [-0.3, -0.25) is 14.4 Å². The molecule has 0 aliphatic heterocycles. The molecule has 0 spiro atoms. The summed E-state index contributed by atoms with van der Waals surface area (Å²) in [6.07, 6.45) is 0. The van der Waals surface area contributed by atoms with Gasteiger partial charge in [0.05, 0.1) is 8.66 Å². The number of rotatable bonds is 5. The van der Waals surface area contributed by atoms with E-state index < -0.39 is 24.0 Å². The number of carbonyl (C=O) groups is 3. The van der Waals surface area contributed by atoms with Crippen LogP contribution in [0.5, 0.6) is 0 Å². The van der Waals surface area contributed by atoms with Gasteiger partial charge in [0.2, 0.25) is 5.91 Å². The van der Waals surface area contributed by atoms with Crippen LogP contribution in [-0.2, 0) is 9.59 Å². The van der Waals surface area contributed by atoms with Crippen molar-refractivity contribution in [1.82, 2.24) is 10.6 Å². The van der Waals surface area contributed by atoms with Crippen molar-refractivity contribution in [2.45, 2.75) is 25.9 Å². The number of nitrogens with one attached hydrogen (secondary N) is 2. The molecule has 1 heterocycles. The Morgan fingerprint density at radius 1 is 1.21 bits per heavy atom. The Morgan fingerprint density at radius 2 is 1.84 bits per heavy atom. The van der Waals surface area contributed by atoms with Gasteiger partial charge in [0, 0.05) is 0 Å². The highest BCUT2D eigenvalue weighted by molar-refractivity contribution is 9.11. The lowest BCUT2D eigenvalue weighted by Crippen LogP contribution is -2.49. The molecule has 19 heavy (non-hydrogen) atoms. The topological polar surface area (TPSA) is 95.5 Å². The Kier molecular flexibility index (Phi) is 5.49. The van der Waals surface area contributed by atoms with Gasteiger partial charge in [0.25, 0.3) is 5.91 Å². The van der Waals surface area contributed by atoms with Crippen LogP contribution >= 0.6 is 27.3 Å². The van der Waals surface area contributed by atoms with Gasteiger partial charge < -0.3 is 15.7 Å². The predicted octanol–water partition coefficient (Wildman–Crippen LogP) is 1.22. The molecule has 0 aliphatic carbocycles. The van der Waals surface area contributed by atoms with Crippen molar-refractivity contribution in [1.29, 1.82) is 0 Å². The van der Waals surface area contributed by atoms with Crippen molar-refractivity contribution in [2.75, 3.05) is 0 Å². The number of thiophene rings is 1. The lowest BCUT2D eigenvalue weighted by Gasteiger charge is -2.15. The van der Waals surface area contributed by atoms with E-state index in [0.717, 1.165) is 3.79 Å². The van der Waals surface area contributed by atoms with Crippen LogP contribution in [0, 0.1) is 0 Å². The lowest BCUT2D eigenvalue weighted by molar-refractivity contribution is -0.141. The summed E-state index contributed by atoms with van der Waals surface area (Å²) < 4.78 is 0.814. The number of amides is 2. The third kappa shape index (κ3) is 4.64. The van der Waals surface area contributed by atoms with Crippen LogP contribution in [0.1, 0.15) is 23.5 Å². The molecule has 0 bridgehead atoms. The average Bonchev–Trinajstić information content (AvgIpc) is 2.75. The normalized spacial score (nSPS) is 13.4. The summed E-state index contributed by atoms with van der Waals surface area (Å²) in [5, 5.41) is 13.5. The molecule has 0 radical (unpaired) electrons. The van der Waals surface area contributed by atoms with Crippen LogP contribution in [0.15, 0.2) is 15.9 Å². The van der Waals surface area contributed by atoms with Gasteiger partial charge in [-0.05, 0) is 41.9 Å². The van der Waals surface area contributed by atoms with E-state index in [4.69, 9.17) is 5.11 Å². The van der Waals surface area contributed by atoms with E-state index in [9.17, 15) is 14.4 Å². The number of hydrogen-bond donors (Lipinski definition) is 3. The third-order valence-electron chi connectivity index (χ3n) is 2.27. The van der Waals surface area contributed by atoms with Gasteiger partial charge in [0.1, 0.15) is 12.1 Å². The summed E-state index contributed by atoms with van der Waals surface area (Å²) in [6, 6.07) is 1.56. The first-order chi connectivity index (χ1) is 8.81. The van der Waals surface area contributed by atoms with Crippen LogP contribution in [0.25, 0.3) is 0 Å². The number of aliphatic carboxylic acids is 1. The minimum atomic E-state index is -1.13. The molecule has 1 rings (SSSR count). The van der Waals surface area contributed by atoms with Crippen molar-refractivity contribution >= 4 is 45.1 Å². The largest absolute Gasteiger partial charge is 0.480 e. The van der Waals surface area contributed by atoms with Crippen molar-refractivity contribution < 1.29 is 19.5 Å². The van der Waals surface area contributed by atoms with Crippen LogP contribution < -0.4 is 10.6 Å².